The Morgan fingerprint density at radius 3 is 2.19 bits per heavy atom. The molecule has 0 radical (unpaired) electrons. The van der Waals surface area contributed by atoms with Gasteiger partial charge in [0.25, 0.3) is 5.91 Å². The summed E-state index contributed by atoms with van der Waals surface area (Å²) in [6.45, 7) is 6.43. The van der Waals surface area contributed by atoms with Crippen molar-refractivity contribution in [3.8, 4) is 6.07 Å². The number of H-pyrrole nitrogens is 1. The molecule has 1 fully saturated rings. The van der Waals surface area contributed by atoms with Gasteiger partial charge in [0, 0.05) is 19.8 Å². The van der Waals surface area contributed by atoms with Gasteiger partial charge in [-0.2, -0.15) is 45.5 Å². The number of esters is 1. The van der Waals surface area contributed by atoms with Gasteiger partial charge in [0.2, 0.25) is 0 Å². The molecule has 12 nitrogen and oxygen atoms in total. The topological polar surface area (TPSA) is 141 Å². The Morgan fingerprint density at radius 1 is 1.04 bits per heavy atom. The number of benzene rings is 1. The van der Waals surface area contributed by atoms with Crippen LogP contribution in [0.15, 0.2) is 24.4 Å². The summed E-state index contributed by atoms with van der Waals surface area (Å²) in [7, 11) is 1.21. The van der Waals surface area contributed by atoms with E-state index in [0.717, 1.165) is 16.1 Å². The minimum atomic E-state index is -6.38. The summed E-state index contributed by atoms with van der Waals surface area (Å²) < 4.78 is 125. The van der Waals surface area contributed by atoms with E-state index < -0.39 is 83.3 Å². The second kappa shape index (κ2) is 14.0. The lowest BCUT2D eigenvalue weighted by Crippen LogP contribution is -2.44. The largest absolute Gasteiger partial charge is 0.510 e. The van der Waals surface area contributed by atoms with E-state index in [-0.39, 0.29) is 41.1 Å². The number of nitriles is 1. The number of likely N-dealkylation sites (N-methyl/N-ethyl adjacent to an activating group) is 1. The van der Waals surface area contributed by atoms with Crippen LogP contribution >= 0.6 is 11.6 Å². The third-order valence-electron chi connectivity index (χ3n) is 8.03. The van der Waals surface area contributed by atoms with E-state index in [1.165, 1.54) is 39.1 Å². The fraction of sp³-hybridized carbons (Fsp3) is 0.531. The molecule has 1 aliphatic heterocycles. The number of halogens is 9. The van der Waals surface area contributed by atoms with Crippen LogP contribution in [0, 0.1) is 16.7 Å². The average molecular weight is 785 g/mol. The molecule has 0 unspecified atom stereocenters. The smallest absolute Gasteiger partial charge is 0.459 e. The number of ether oxygens (including phenoxy) is 3. The summed E-state index contributed by atoms with van der Waals surface area (Å²) in [4.78, 5) is 39.8. The Morgan fingerprint density at radius 2 is 1.66 bits per heavy atom. The molecule has 1 aliphatic carbocycles. The fourth-order valence-electron chi connectivity index (χ4n) is 4.98. The third kappa shape index (κ3) is 8.61. The first kappa shape index (κ1) is 41.1. The van der Waals surface area contributed by atoms with E-state index in [4.69, 9.17) is 25.8 Å². The van der Waals surface area contributed by atoms with Crippen LogP contribution in [0.3, 0.4) is 0 Å². The summed E-state index contributed by atoms with van der Waals surface area (Å²) in [5.41, 5.74) is -8.31. The average Bonchev–Trinajstić information content (AvgIpc) is 3.50. The fourth-order valence-corrected chi connectivity index (χ4v) is 5.18. The number of amides is 1. The molecule has 0 saturated heterocycles. The lowest BCUT2D eigenvalue weighted by atomic mass is 9.95. The van der Waals surface area contributed by atoms with Gasteiger partial charge in [0.15, 0.2) is 18.2 Å². The number of nitrogens with zero attached hydrogens (tertiary/aromatic N) is 5. The lowest BCUT2D eigenvalue weighted by molar-refractivity contribution is -0.292. The van der Waals surface area contributed by atoms with Crippen LogP contribution in [0.1, 0.15) is 74.6 Å². The first-order valence-corrected chi connectivity index (χ1v) is 15.9. The molecule has 53 heavy (non-hydrogen) atoms. The van der Waals surface area contributed by atoms with Gasteiger partial charge in [-0.3, -0.25) is 24.6 Å². The zero-order chi connectivity index (χ0) is 40.1. The van der Waals surface area contributed by atoms with Crippen molar-refractivity contribution in [3.05, 3.63) is 51.8 Å². The SMILES string of the molecule is CN1CC(c2ccc(Cl)c(C(=O)N(COC(=O)OCC(C)(C)C(=O)OC(C)(C)C)C3(C#N)CC3)c2)=CN1c1[nH]nc(C(F)(F)C(F)(F)F)c1C(F)(F)F. The van der Waals surface area contributed by atoms with Crippen molar-refractivity contribution < 1.29 is 63.7 Å². The highest BCUT2D eigenvalue weighted by Gasteiger charge is 2.64. The highest BCUT2D eigenvalue weighted by atomic mass is 35.5. The number of aromatic amines is 1. The van der Waals surface area contributed by atoms with E-state index >= 15 is 0 Å². The predicted molar refractivity (Wildman–Crippen MR) is 169 cm³/mol. The van der Waals surface area contributed by atoms with E-state index in [9.17, 15) is 54.8 Å². The number of hydrogen-bond donors (Lipinski definition) is 1. The standard InChI is InChI=1S/C32H33ClF8N6O6/c1-27(2,3)53-25(49)28(4,5)15-51-26(50)52-16-46(29(14-42)9-10-29)24(48)19-11-17(7-8-20(19)33)18-12-45(6)47(13-18)23-21(31(36,37)38)22(43-44-23)30(34,35)32(39,40)41/h7-8,11,13H,9-10,12,15-16H2,1-6H3,(H,43,44). The minimum Gasteiger partial charge on any atom is -0.459 e. The molecule has 1 amide bonds. The molecule has 0 bridgehead atoms. The summed E-state index contributed by atoms with van der Waals surface area (Å²) >= 11 is 6.35. The second-order valence-corrected chi connectivity index (χ2v) is 14.4. The van der Waals surface area contributed by atoms with Crippen molar-refractivity contribution in [2.24, 2.45) is 5.41 Å². The summed E-state index contributed by atoms with van der Waals surface area (Å²) in [5.74, 6) is -8.73. The van der Waals surface area contributed by atoms with Crippen LogP contribution in [0.5, 0.6) is 0 Å². The number of aromatic nitrogens is 2. The zero-order valence-electron chi connectivity index (χ0n) is 28.9. The summed E-state index contributed by atoms with van der Waals surface area (Å²) in [6.07, 6.45) is -12.0. The predicted octanol–water partition coefficient (Wildman–Crippen LogP) is 7.42. The van der Waals surface area contributed by atoms with Crippen LogP contribution in [-0.4, -0.2) is 82.4 Å². The number of hydrogen-bond acceptors (Lipinski definition) is 10. The Hall–Kier alpha value is -4.64. The van der Waals surface area contributed by atoms with Gasteiger partial charge in [-0.15, -0.1) is 0 Å². The van der Waals surface area contributed by atoms with E-state index in [1.807, 2.05) is 6.07 Å². The van der Waals surface area contributed by atoms with E-state index in [0.29, 0.717) is 5.01 Å². The number of carbonyl (C=O) groups excluding carboxylic acids is 3. The molecule has 1 aromatic carbocycles. The monoisotopic (exact) mass is 784 g/mol. The first-order valence-electron chi connectivity index (χ1n) is 15.5. The van der Waals surface area contributed by atoms with Crippen LogP contribution < -0.4 is 5.01 Å². The van der Waals surface area contributed by atoms with Crippen molar-refractivity contribution in [2.45, 2.75) is 76.9 Å². The maximum atomic E-state index is 14.1. The first-order chi connectivity index (χ1) is 24.1. The number of nitrogens with one attached hydrogen (secondary N) is 1. The van der Waals surface area contributed by atoms with Gasteiger partial charge < -0.3 is 14.2 Å². The molecule has 4 rings (SSSR count). The molecule has 1 saturated carbocycles. The van der Waals surface area contributed by atoms with Crippen molar-refractivity contribution in [2.75, 3.05) is 31.9 Å². The molecule has 1 aromatic heterocycles. The van der Waals surface area contributed by atoms with Crippen LogP contribution in [0.25, 0.3) is 5.57 Å². The maximum absolute atomic E-state index is 14.1. The summed E-state index contributed by atoms with van der Waals surface area (Å²) in [6, 6.07) is 5.84. The Labute approximate surface area is 302 Å². The van der Waals surface area contributed by atoms with Crippen molar-refractivity contribution in [3.63, 3.8) is 0 Å². The highest BCUT2D eigenvalue weighted by molar-refractivity contribution is 6.34. The number of anilines is 1. The number of hydrazine groups is 1. The maximum Gasteiger partial charge on any atom is 0.510 e. The molecular weight excluding hydrogens is 752 g/mol. The summed E-state index contributed by atoms with van der Waals surface area (Å²) in [5, 5.41) is 15.8. The quantitative estimate of drug-likeness (QED) is 0.147. The van der Waals surface area contributed by atoms with Crippen molar-refractivity contribution in [1.29, 1.82) is 5.26 Å². The molecule has 21 heteroatoms. The Kier molecular flexibility index (Phi) is 10.8. The van der Waals surface area contributed by atoms with Crippen molar-refractivity contribution >= 4 is 41.0 Å². The van der Waals surface area contributed by atoms with Gasteiger partial charge >= 0.3 is 30.4 Å². The van der Waals surface area contributed by atoms with E-state index in [1.54, 1.807) is 25.9 Å². The minimum absolute atomic E-state index is 0.144. The molecular formula is C32H33ClF8N6O6. The van der Waals surface area contributed by atoms with Crippen molar-refractivity contribution in [1.82, 2.24) is 20.1 Å². The third-order valence-corrected chi connectivity index (χ3v) is 8.36. The number of carbonyl (C=O) groups is 3. The molecule has 2 aliphatic rings. The van der Waals surface area contributed by atoms with E-state index in [2.05, 4.69) is 5.10 Å². The molecule has 2 heterocycles. The second-order valence-electron chi connectivity index (χ2n) is 13.9. The van der Waals surface area contributed by atoms with Gasteiger partial charge in [-0.1, -0.05) is 17.7 Å². The lowest BCUT2D eigenvalue weighted by Gasteiger charge is -2.29. The normalized spacial score (nSPS) is 16.5. The number of alkyl halides is 8. The van der Waals surface area contributed by atoms with Gasteiger partial charge in [-0.25, -0.2) is 9.80 Å². The van der Waals surface area contributed by atoms with Gasteiger partial charge in [0.05, 0.1) is 22.1 Å². The van der Waals surface area contributed by atoms with Gasteiger partial charge in [0.1, 0.15) is 23.3 Å². The Balaban J connectivity index is 1.59. The van der Waals surface area contributed by atoms with Crippen LogP contribution in [0.2, 0.25) is 5.02 Å². The highest BCUT2D eigenvalue weighted by Crippen LogP contribution is 2.50. The molecule has 0 spiro atoms. The number of rotatable bonds is 10. The Bertz CT molecular complexity index is 1840. The van der Waals surface area contributed by atoms with Crippen LogP contribution in [-0.2, 0) is 31.1 Å². The zero-order valence-corrected chi connectivity index (χ0v) is 29.7. The van der Waals surface area contributed by atoms with Crippen LogP contribution in [0.4, 0.5) is 45.7 Å². The van der Waals surface area contributed by atoms with Gasteiger partial charge in [-0.05, 0) is 70.7 Å². The molecule has 290 valence electrons. The molecule has 0 atom stereocenters. The molecule has 1 N–H and O–H groups in total. The molecule has 2 aromatic rings.